The first-order valence-electron chi connectivity index (χ1n) is 8.77. The van der Waals surface area contributed by atoms with Gasteiger partial charge in [-0.15, -0.1) is 0 Å². The number of nitrogens with one attached hydrogen (secondary N) is 1. The number of hydrogen-bond donors (Lipinski definition) is 1. The highest BCUT2D eigenvalue weighted by Gasteiger charge is 2.27. The molecule has 1 aromatic rings. The van der Waals surface area contributed by atoms with Gasteiger partial charge in [0.05, 0.1) is 0 Å². The van der Waals surface area contributed by atoms with Crippen LogP contribution in [0, 0.1) is 0 Å². The fraction of sp³-hybridized carbons (Fsp3) is 0.526. The van der Waals surface area contributed by atoms with Crippen molar-refractivity contribution in [3.8, 4) is 0 Å². The van der Waals surface area contributed by atoms with E-state index in [1.54, 1.807) is 4.90 Å². The second-order valence-corrected chi connectivity index (χ2v) is 7.01. The molecule has 1 heterocycles. The molecule has 3 amide bonds. The topological polar surface area (TPSA) is 69.7 Å². The molecule has 0 aromatic heterocycles. The van der Waals surface area contributed by atoms with Gasteiger partial charge in [0.15, 0.2) is 0 Å². The van der Waals surface area contributed by atoms with E-state index in [1.165, 1.54) is 4.90 Å². The van der Waals surface area contributed by atoms with Crippen LogP contribution in [-0.4, -0.2) is 54.2 Å². The number of amides is 3. The van der Waals surface area contributed by atoms with E-state index in [1.807, 2.05) is 18.2 Å². The molecule has 1 fully saturated rings. The van der Waals surface area contributed by atoms with Gasteiger partial charge in [-0.05, 0) is 23.0 Å². The standard InChI is InChI=1S/C19H27N3O3/c1-13(2)15-6-5-7-16(14(3)4)17(15)20-18(24)19(25)22-10-8-21(12-23)9-11-22/h5-7,12-14H,8-11H2,1-4H3,(H,20,24). The van der Waals surface area contributed by atoms with Crippen LogP contribution < -0.4 is 5.32 Å². The Morgan fingerprint density at radius 2 is 1.52 bits per heavy atom. The van der Waals surface area contributed by atoms with Gasteiger partial charge in [-0.3, -0.25) is 14.4 Å². The van der Waals surface area contributed by atoms with Crippen LogP contribution in [0.15, 0.2) is 18.2 Å². The van der Waals surface area contributed by atoms with Crippen LogP contribution in [0.3, 0.4) is 0 Å². The number of piperazine rings is 1. The average Bonchev–Trinajstić information content (AvgIpc) is 2.60. The lowest BCUT2D eigenvalue weighted by atomic mass is 9.92. The van der Waals surface area contributed by atoms with Gasteiger partial charge in [0, 0.05) is 31.9 Å². The molecule has 1 aliphatic heterocycles. The maximum atomic E-state index is 12.5. The normalized spacial score (nSPS) is 14.8. The third-order valence-corrected chi connectivity index (χ3v) is 4.56. The lowest BCUT2D eigenvalue weighted by molar-refractivity contribution is -0.144. The summed E-state index contributed by atoms with van der Waals surface area (Å²) in [5.74, 6) is -0.686. The summed E-state index contributed by atoms with van der Waals surface area (Å²) in [7, 11) is 0. The van der Waals surface area contributed by atoms with Gasteiger partial charge >= 0.3 is 11.8 Å². The number of rotatable bonds is 4. The second kappa shape index (κ2) is 8.14. The van der Waals surface area contributed by atoms with E-state index in [0.717, 1.165) is 23.2 Å². The van der Waals surface area contributed by atoms with Crippen molar-refractivity contribution in [2.24, 2.45) is 0 Å². The molecule has 1 N–H and O–H groups in total. The zero-order valence-corrected chi connectivity index (χ0v) is 15.4. The number of para-hydroxylation sites is 1. The number of carbonyl (C=O) groups is 3. The minimum Gasteiger partial charge on any atom is -0.342 e. The molecule has 1 aromatic carbocycles. The minimum atomic E-state index is -0.616. The Morgan fingerprint density at radius 1 is 1.00 bits per heavy atom. The average molecular weight is 345 g/mol. The van der Waals surface area contributed by atoms with Crippen LogP contribution in [0.5, 0.6) is 0 Å². The van der Waals surface area contributed by atoms with Gasteiger partial charge in [-0.2, -0.15) is 0 Å². The first-order chi connectivity index (χ1) is 11.8. The van der Waals surface area contributed by atoms with Crippen LogP contribution in [0.1, 0.15) is 50.7 Å². The maximum absolute atomic E-state index is 12.5. The SMILES string of the molecule is CC(C)c1cccc(C(C)C)c1NC(=O)C(=O)N1CCN(C=O)CC1. The Kier molecular flexibility index (Phi) is 6.17. The monoisotopic (exact) mass is 345 g/mol. The Bertz CT molecular complexity index is 621. The fourth-order valence-electron chi connectivity index (χ4n) is 3.04. The van der Waals surface area contributed by atoms with Crippen molar-refractivity contribution in [1.82, 2.24) is 9.80 Å². The van der Waals surface area contributed by atoms with Crippen molar-refractivity contribution >= 4 is 23.9 Å². The lowest BCUT2D eigenvalue weighted by Gasteiger charge is -2.32. The highest BCUT2D eigenvalue weighted by molar-refractivity contribution is 6.39. The van der Waals surface area contributed by atoms with Gasteiger partial charge < -0.3 is 15.1 Å². The van der Waals surface area contributed by atoms with E-state index in [-0.39, 0.29) is 11.8 Å². The van der Waals surface area contributed by atoms with Crippen molar-refractivity contribution in [2.45, 2.75) is 39.5 Å². The van der Waals surface area contributed by atoms with Crippen molar-refractivity contribution in [3.05, 3.63) is 29.3 Å². The van der Waals surface area contributed by atoms with Crippen molar-refractivity contribution in [2.75, 3.05) is 31.5 Å². The quantitative estimate of drug-likeness (QED) is 0.672. The molecule has 1 saturated heterocycles. The number of benzene rings is 1. The predicted molar refractivity (Wildman–Crippen MR) is 97.5 cm³/mol. The molecule has 2 rings (SSSR count). The van der Waals surface area contributed by atoms with Crippen LogP contribution in [-0.2, 0) is 14.4 Å². The second-order valence-electron chi connectivity index (χ2n) is 7.01. The van der Waals surface area contributed by atoms with E-state index in [0.29, 0.717) is 26.2 Å². The molecule has 136 valence electrons. The maximum Gasteiger partial charge on any atom is 0.313 e. The van der Waals surface area contributed by atoms with E-state index in [9.17, 15) is 14.4 Å². The summed E-state index contributed by atoms with van der Waals surface area (Å²) >= 11 is 0. The van der Waals surface area contributed by atoms with Gasteiger partial charge in [-0.25, -0.2) is 0 Å². The summed E-state index contributed by atoms with van der Waals surface area (Å²) in [6, 6.07) is 5.96. The molecule has 0 bridgehead atoms. The lowest BCUT2D eigenvalue weighted by Crippen LogP contribution is -2.51. The summed E-state index contributed by atoms with van der Waals surface area (Å²) in [6.45, 7) is 9.95. The van der Waals surface area contributed by atoms with E-state index in [2.05, 4.69) is 33.0 Å². The largest absolute Gasteiger partial charge is 0.342 e. The number of anilines is 1. The fourth-order valence-corrected chi connectivity index (χ4v) is 3.04. The minimum absolute atomic E-state index is 0.236. The van der Waals surface area contributed by atoms with Crippen LogP contribution >= 0.6 is 0 Å². The zero-order chi connectivity index (χ0) is 18.6. The predicted octanol–water partition coefficient (Wildman–Crippen LogP) is 2.17. The molecular weight excluding hydrogens is 318 g/mol. The number of carbonyl (C=O) groups excluding carboxylic acids is 3. The first-order valence-corrected chi connectivity index (χ1v) is 8.77. The molecule has 0 saturated carbocycles. The van der Waals surface area contributed by atoms with Gasteiger partial charge in [0.1, 0.15) is 0 Å². The van der Waals surface area contributed by atoms with Crippen molar-refractivity contribution < 1.29 is 14.4 Å². The summed E-state index contributed by atoms with van der Waals surface area (Å²) in [4.78, 5) is 38.9. The number of hydrogen-bond acceptors (Lipinski definition) is 3. The summed E-state index contributed by atoms with van der Waals surface area (Å²) in [5.41, 5.74) is 2.80. The van der Waals surface area contributed by atoms with Crippen LogP contribution in [0.25, 0.3) is 0 Å². The highest BCUT2D eigenvalue weighted by Crippen LogP contribution is 2.32. The molecule has 6 nitrogen and oxygen atoms in total. The van der Waals surface area contributed by atoms with Crippen molar-refractivity contribution in [3.63, 3.8) is 0 Å². The van der Waals surface area contributed by atoms with Crippen molar-refractivity contribution in [1.29, 1.82) is 0 Å². The molecular formula is C19H27N3O3. The Hall–Kier alpha value is -2.37. The summed E-state index contributed by atoms with van der Waals surface area (Å²) < 4.78 is 0. The summed E-state index contributed by atoms with van der Waals surface area (Å²) in [6.07, 6.45) is 0.773. The molecule has 6 heteroatoms. The molecule has 0 radical (unpaired) electrons. The van der Waals surface area contributed by atoms with Gasteiger partial charge in [0.25, 0.3) is 0 Å². The van der Waals surface area contributed by atoms with Gasteiger partial charge in [0.2, 0.25) is 6.41 Å². The molecule has 1 aliphatic rings. The molecule has 0 aliphatic carbocycles. The molecule has 0 spiro atoms. The smallest absolute Gasteiger partial charge is 0.313 e. The Morgan fingerprint density at radius 3 is 1.96 bits per heavy atom. The zero-order valence-electron chi connectivity index (χ0n) is 15.4. The first kappa shape index (κ1) is 19.0. The van der Waals surface area contributed by atoms with E-state index in [4.69, 9.17) is 0 Å². The molecule has 25 heavy (non-hydrogen) atoms. The number of nitrogens with zero attached hydrogens (tertiary/aromatic N) is 2. The third kappa shape index (κ3) is 4.38. The molecule has 0 atom stereocenters. The van der Waals surface area contributed by atoms with Crippen LogP contribution in [0.4, 0.5) is 5.69 Å². The Labute approximate surface area is 149 Å². The van der Waals surface area contributed by atoms with E-state index < -0.39 is 11.8 Å². The van der Waals surface area contributed by atoms with Crippen LogP contribution in [0.2, 0.25) is 0 Å². The third-order valence-electron chi connectivity index (χ3n) is 4.56. The molecule has 0 unspecified atom stereocenters. The van der Waals surface area contributed by atoms with E-state index >= 15 is 0 Å². The highest BCUT2D eigenvalue weighted by atomic mass is 16.2. The summed E-state index contributed by atoms with van der Waals surface area (Å²) in [5, 5.41) is 2.85. The Balaban J connectivity index is 2.17. The van der Waals surface area contributed by atoms with Gasteiger partial charge in [-0.1, -0.05) is 45.9 Å².